The minimum atomic E-state index is -1.43. The first kappa shape index (κ1) is 17.3. The van der Waals surface area contributed by atoms with Crippen molar-refractivity contribution in [2.24, 2.45) is 0 Å². The van der Waals surface area contributed by atoms with Crippen LogP contribution in [0.2, 0.25) is 0 Å². The van der Waals surface area contributed by atoms with Gasteiger partial charge in [0.1, 0.15) is 11.4 Å². The largest absolute Gasteiger partial charge is 0.506 e. The Bertz CT molecular complexity index is 1190. The SMILES string of the molecule is Cc1ccc(NC2=C(C(=O)O)C(=O)C(=Cc3c[nH]c4ncccc34)O2)c(O)c1. The lowest BCUT2D eigenvalue weighted by atomic mass is 10.1. The van der Waals surface area contributed by atoms with E-state index < -0.39 is 17.3 Å². The molecule has 8 nitrogen and oxygen atoms in total. The number of carbonyl (C=O) groups excluding carboxylic acids is 1. The van der Waals surface area contributed by atoms with Gasteiger partial charge in [0.25, 0.3) is 0 Å². The maximum absolute atomic E-state index is 12.6. The van der Waals surface area contributed by atoms with Crippen molar-refractivity contribution in [2.45, 2.75) is 6.92 Å². The van der Waals surface area contributed by atoms with Gasteiger partial charge in [-0.05, 0) is 42.8 Å². The summed E-state index contributed by atoms with van der Waals surface area (Å²) in [7, 11) is 0. The van der Waals surface area contributed by atoms with Crippen molar-refractivity contribution >= 4 is 34.5 Å². The highest BCUT2D eigenvalue weighted by Gasteiger charge is 2.36. The van der Waals surface area contributed by atoms with Crippen molar-refractivity contribution in [3.8, 4) is 5.75 Å². The molecule has 2 aromatic heterocycles. The van der Waals surface area contributed by atoms with Crippen molar-refractivity contribution < 1.29 is 24.5 Å². The molecule has 4 N–H and O–H groups in total. The van der Waals surface area contributed by atoms with Crippen LogP contribution in [0.4, 0.5) is 5.69 Å². The molecular weight excluding hydrogens is 362 g/mol. The van der Waals surface area contributed by atoms with Crippen LogP contribution in [-0.2, 0) is 14.3 Å². The quantitative estimate of drug-likeness (QED) is 0.313. The number of benzene rings is 1. The summed E-state index contributed by atoms with van der Waals surface area (Å²) in [5.41, 5.74) is 1.78. The molecule has 3 aromatic rings. The van der Waals surface area contributed by atoms with E-state index in [1.54, 1.807) is 37.5 Å². The zero-order valence-electron chi connectivity index (χ0n) is 14.7. The number of aromatic hydroxyl groups is 1. The van der Waals surface area contributed by atoms with Crippen molar-refractivity contribution in [1.29, 1.82) is 0 Å². The van der Waals surface area contributed by atoms with Gasteiger partial charge in [0.15, 0.2) is 11.3 Å². The first-order valence-corrected chi connectivity index (χ1v) is 8.34. The van der Waals surface area contributed by atoms with E-state index in [1.165, 1.54) is 12.1 Å². The Morgan fingerprint density at radius 2 is 2.14 bits per heavy atom. The molecule has 0 spiro atoms. The number of ketones is 1. The van der Waals surface area contributed by atoms with Gasteiger partial charge in [-0.15, -0.1) is 0 Å². The van der Waals surface area contributed by atoms with Gasteiger partial charge < -0.3 is 25.3 Å². The van der Waals surface area contributed by atoms with Crippen LogP contribution in [0, 0.1) is 6.92 Å². The molecule has 0 radical (unpaired) electrons. The highest BCUT2D eigenvalue weighted by Crippen LogP contribution is 2.32. The predicted octanol–water partition coefficient (Wildman–Crippen LogP) is 2.93. The molecule has 8 heteroatoms. The van der Waals surface area contributed by atoms with E-state index in [-0.39, 0.29) is 23.1 Å². The maximum atomic E-state index is 12.6. The number of fused-ring (bicyclic) bond motifs is 1. The van der Waals surface area contributed by atoms with E-state index in [1.807, 2.05) is 6.07 Å². The summed E-state index contributed by atoms with van der Waals surface area (Å²) in [4.78, 5) is 31.3. The van der Waals surface area contributed by atoms with Crippen LogP contribution in [-0.4, -0.2) is 31.9 Å². The number of carboxylic acids is 1. The summed E-state index contributed by atoms with van der Waals surface area (Å²) in [5.74, 6) is -2.67. The zero-order valence-corrected chi connectivity index (χ0v) is 14.7. The molecule has 0 unspecified atom stereocenters. The fraction of sp³-hybridized carbons (Fsp3) is 0.0500. The number of hydrogen-bond donors (Lipinski definition) is 4. The second-order valence-corrected chi connectivity index (χ2v) is 6.24. The Kier molecular flexibility index (Phi) is 4.08. The first-order valence-electron chi connectivity index (χ1n) is 8.34. The number of aliphatic carboxylic acids is 1. The van der Waals surface area contributed by atoms with Crippen LogP contribution in [0.3, 0.4) is 0 Å². The molecular formula is C20H15N3O5. The van der Waals surface area contributed by atoms with E-state index >= 15 is 0 Å². The molecule has 28 heavy (non-hydrogen) atoms. The highest BCUT2D eigenvalue weighted by atomic mass is 16.5. The number of aromatic nitrogens is 2. The lowest BCUT2D eigenvalue weighted by molar-refractivity contribution is -0.134. The Morgan fingerprint density at radius 3 is 2.89 bits per heavy atom. The standard InChI is InChI=1S/C20H15N3O5/c1-10-4-5-13(14(24)7-10)23-19-16(20(26)27)17(25)15(28-19)8-11-9-22-18-12(11)3-2-6-21-18/h2-9,23-24H,1H3,(H,21,22)(H,26,27). The fourth-order valence-electron chi connectivity index (χ4n) is 2.92. The smallest absolute Gasteiger partial charge is 0.345 e. The number of carbonyl (C=O) groups is 2. The van der Waals surface area contributed by atoms with Crippen LogP contribution in [0.5, 0.6) is 5.75 Å². The molecule has 0 saturated heterocycles. The lowest BCUT2D eigenvalue weighted by Gasteiger charge is -2.10. The molecule has 1 aromatic carbocycles. The number of pyridine rings is 1. The molecule has 0 saturated carbocycles. The van der Waals surface area contributed by atoms with Crippen molar-refractivity contribution in [3.05, 3.63) is 71.1 Å². The number of Topliss-reactive ketones (excluding diaryl/α,β-unsaturated/α-hetero) is 1. The van der Waals surface area contributed by atoms with E-state index in [4.69, 9.17) is 4.74 Å². The van der Waals surface area contributed by atoms with Crippen LogP contribution in [0.1, 0.15) is 11.1 Å². The van der Waals surface area contributed by atoms with Crippen molar-refractivity contribution in [1.82, 2.24) is 9.97 Å². The van der Waals surface area contributed by atoms with Gasteiger partial charge >= 0.3 is 5.97 Å². The van der Waals surface area contributed by atoms with Crippen LogP contribution >= 0.6 is 0 Å². The van der Waals surface area contributed by atoms with Crippen LogP contribution in [0.25, 0.3) is 17.1 Å². The minimum Gasteiger partial charge on any atom is -0.506 e. The first-order chi connectivity index (χ1) is 13.4. The summed E-state index contributed by atoms with van der Waals surface area (Å²) >= 11 is 0. The molecule has 140 valence electrons. The van der Waals surface area contributed by atoms with Crippen LogP contribution in [0.15, 0.2) is 59.9 Å². The summed E-state index contributed by atoms with van der Waals surface area (Å²) < 4.78 is 5.51. The summed E-state index contributed by atoms with van der Waals surface area (Å²) in [6.07, 6.45) is 4.74. The van der Waals surface area contributed by atoms with E-state index in [0.717, 1.165) is 10.9 Å². The summed E-state index contributed by atoms with van der Waals surface area (Å²) in [5, 5.41) is 22.9. The van der Waals surface area contributed by atoms with Crippen LogP contribution < -0.4 is 5.32 Å². The Balaban J connectivity index is 1.71. The highest BCUT2D eigenvalue weighted by molar-refractivity contribution is 6.26. The molecule has 0 bridgehead atoms. The van der Waals surface area contributed by atoms with Crippen molar-refractivity contribution in [3.63, 3.8) is 0 Å². The van der Waals surface area contributed by atoms with E-state index in [0.29, 0.717) is 11.2 Å². The number of nitrogens with zero attached hydrogens (tertiary/aromatic N) is 1. The van der Waals surface area contributed by atoms with Gasteiger partial charge in [-0.1, -0.05) is 6.07 Å². The molecule has 3 heterocycles. The number of nitrogens with one attached hydrogen (secondary N) is 2. The molecule has 0 aliphatic carbocycles. The van der Waals surface area contributed by atoms with E-state index in [9.17, 15) is 19.8 Å². The third-order valence-electron chi connectivity index (χ3n) is 4.27. The maximum Gasteiger partial charge on any atom is 0.345 e. The Morgan fingerprint density at radius 1 is 1.32 bits per heavy atom. The average molecular weight is 377 g/mol. The molecule has 0 amide bonds. The number of carboxylic acid groups (broad SMARTS) is 1. The van der Waals surface area contributed by atoms with Crippen molar-refractivity contribution in [2.75, 3.05) is 5.32 Å². The number of aryl methyl sites for hydroxylation is 1. The summed E-state index contributed by atoms with van der Waals surface area (Å²) in [6.45, 7) is 1.80. The van der Waals surface area contributed by atoms with Gasteiger partial charge in [-0.3, -0.25) is 4.79 Å². The number of anilines is 1. The number of aromatic amines is 1. The summed E-state index contributed by atoms with van der Waals surface area (Å²) in [6, 6.07) is 8.38. The average Bonchev–Trinajstić information content (AvgIpc) is 3.19. The van der Waals surface area contributed by atoms with E-state index in [2.05, 4.69) is 15.3 Å². The zero-order chi connectivity index (χ0) is 19.8. The normalized spacial score (nSPS) is 15.3. The van der Waals surface area contributed by atoms with Gasteiger partial charge in [0, 0.05) is 23.3 Å². The fourth-order valence-corrected chi connectivity index (χ4v) is 2.92. The number of phenols is 1. The Labute approximate surface area is 158 Å². The number of rotatable bonds is 4. The molecule has 4 rings (SSSR count). The molecule has 1 aliphatic heterocycles. The third-order valence-corrected chi connectivity index (χ3v) is 4.27. The molecule has 0 atom stereocenters. The van der Waals surface area contributed by atoms with Gasteiger partial charge in [-0.2, -0.15) is 0 Å². The number of ether oxygens (including phenoxy) is 1. The Hall–Kier alpha value is -4.07. The lowest BCUT2D eigenvalue weighted by Crippen LogP contribution is -2.12. The second-order valence-electron chi connectivity index (χ2n) is 6.24. The topological polar surface area (TPSA) is 125 Å². The second kappa shape index (κ2) is 6.58. The molecule has 1 aliphatic rings. The minimum absolute atomic E-state index is 0.0894. The number of hydrogen-bond acceptors (Lipinski definition) is 6. The number of H-pyrrole nitrogens is 1. The van der Waals surface area contributed by atoms with Gasteiger partial charge in [0.2, 0.25) is 11.7 Å². The number of allylic oxidation sites excluding steroid dienone is 1. The number of phenolic OH excluding ortho intramolecular Hbond substituents is 1. The van der Waals surface area contributed by atoms with Gasteiger partial charge in [0.05, 0.1) is 5.69 Å². The third kappa shape index (κ3) is 2.96. The molecule has 0 fully saturated rings. The van der Waals surface area contributed by atoms with Gasteiger partial charge in [-0.25, -0.2) is 9.78 Å². The predicted molar refractivity (Wildman–Crippen MR) is 101 cm³/mol. The monoisotopic (exact) mass is 377 g/mol.